The van der Waals surface area contributed by atoms with E-state index in [-0.39, 0.29) is 22.9 Å². The average molecular weight is 502 g/mol. The number of halogens is 3. The van der Waals surface area contributed by atoms with Crippen LogP contribution in [0.5, 0.6) is 5.75 Å². The lowest BCUT2D eigenvalue weighted by Crippen LogP contribution is -2.54. The Morgan fingerprint density at radius 1 is 0.879 bits per heavy atom. The van der Waals surface area contributed by atoms with E-state index in [0.717, 1.165) is 10.5 Å². The van der Waals surface area contributed by atoms with Crippen LogP contribution in [0.3, 0.4) is 0 Å². The van der Waals surface area contributed by atoms with E-state index in [4.69, 9.17) is 39.5 Å². The van der Waals surface area contributed by atoms with Gasteiger partial charge in [-0.05, 0) is 53.6 Å². The fourth-order valence-corrected chi connectivity index (χ4v) is 3.73. The Balaban J connectivity index is 1.57. The Labute approximate surface area is 204 Å². The average Bonchev–Trinajstić information content (AvgIpc) is 2.78. The van der Waals surface area contributed by atoms with Crippen molar-refractivity contribution in [3.8, 4) is 5.75 Å². The van der Waals surface area contributed by atoms with Crippen molar-refractivity contribution in [3.05, 3.63) is 98.5 Å². The van der Waals surface area contributed by atoms with E-state index in [0.29, 0.717) is 21.4 Å². The highest BCUT2D eigenvalue weighted by atomic mass is 35.5. The van der Waals surface area contributed by atoms with Crippen molar-refractivity contribution in [1.82, 2.24) is 5.32 Å². The zero-order chi connectivity index (χ0) is 23.5. The smallest absolute Gasteiger partial charge is 0.335 e. The summed E-state index contributed by atoms with van der Waals surface area (Å²) in [5.41, 5.74) is 1.32. The zero-order valence-corrected chi connectivity index (χ0v) is 19.1. The van der Waals surface area contributed by atoms with Crippen molar-refractivity contribution >= 4 is 64.4 Å². The van der Waals surface area contributed by atoms with Gasteiger partial charge in [0.05, 0.1) is 15.7 Å². The highest BCUT2D eigenvalue weighted by Gasteiger charge is 2.37. The number of nitrogens with one attached hydrogen (secondary N) is 1. The Bertz CT molecular complexity index is 1290. The van der Waals surface area contributed by atoms with Crippen LogP contribution >= 0.6 is 34.8 Å². The summed E-state index contributed by atoms with van der Waals surface area (Å²) in [5.74, 6) is -1.18. The van der Waals surface area contributed by atoms with Crippen LogP contribution in [0.1, 0.15) is 11.1 Å². The molecule has 0 spiro atoms. The van der Waals surface area contributed by atoms with Crippen molar-refractivity contribution in [3.63, 3.8) is 0 Å². The second-order valence-corrected chi connectivity index (χ2v) is 8.27. The topological polar surface area (TPSA) is 75.7 Å². The van der Waals surface area contributed by atoms with Crippen molar-refractivity contribution in [2.75, 3.05) is 4.90 Å². The standard InChI is InChI=1S/C24H15Cl3N2O4/c25-16-8-5-14(6-9-16)13-33-21-10-7-15(12-19(21)27)11-17-22(30)28-24(32)29(23(17)31)20-4-2-1-3-18(20)26/h1-12H,13H2,(H,28,30,32)/b17-11+. The molecule has 0 bridgehead atoms. The monoisotopic (exact) mass is 500 g/mol. The number of imide groups is 2. The number of carbonyl (C=O) groups excluding carboxylic acids is 3. The van der Waals surface area contributed by atoms with Gasteiger partial charge >= 0.3 is 6.03 Å². The van der Waals surface area contributed by atoms with Crippen LogP contribution in [-0.2, 0) is 16.2 Å². The van der Waals surface area contributed by atoms with Gasteiger partial charge in [-0.15, -0.1) is 0 Å². The molecular weight excluding hydrogens is 487 g/mol. The van der Waals surface area contributed by atoms with Crippen molar-refractivity contribution in [2.24, 2.45) is 0 Å². The molecule has 1 aliphatic heterocycles. The summed E-state index contributed by atoms with van der Waals surface area (Å²) in [6, 6.07) is 17.5. The minimum Gasteiger partial charge on any atom is -0.487 e. The lowest BCUT2D eigenvalue weighted by molar-refractivity contribution is -0.122. The maximum atomic E-state index is 13.0. The highest BCUT2D eigenvalue weighted by molar-refractivity contribution is 6.42. The molecule has 3 aromatic rings. The van der Waals surface area contributed by atoms with Gasteiger partial charge in [0.2, 0.25) is 0 Å². The number of benzene rings is 3. The first-order valence-electron chi connectivity index (χ1n) is 9.66. The summed E-state index contributed by atoms with van der Waals surface area (Å²) in [4.78, 5) is 38.5. The first kappa shape index (κ1) is 22.9. The molecule has 166 valence electrons. The maximum Gasteiger partial charge on any atom is 0.335 e. The van der Waals surface area contributed by atoms with Crippen LogP contribution in [-0.4, -0.2) is 17.8 Å². The number of rotatable bonds is 5. The molecule has 0 atom stereocenters. The number of anilines is 1. The Morgan fingerprint density at radius 2 is 1.61 bits per heavy atom. The quantitative estimate of drug-likeness (QED) is 0.349. The van der Waals surface area contributed by atoms with Gasteiger partial charge in [0.15, 0.2) is 0 Å². The van der Waals surface area contributed by atoms with E-state index in [9.17, 15) is 14.4 Å². The van der Waals surface area contributed by atoms with E-state index in [1.807, 2.05) is 12.1 Å². The van der Waals surface area contributed by atoms with Crippen molar-refractivity contribution in [2.45, 2.75) is 6.61 Å². The summed E-state index contributed by atoms with van der Waals surface area (Å²) < 4.78 is 5.74. The maximum absolute atomic E-state index is 13.0. The van der Waals surface area contributed by atoms with E-state index in [1.54, 1.807) is 48.5 Å². The summed E-state index contributed by atoms with van der Waals surface area (Å²) in [7, 11) is 0. The second-order valence-electron chi connectivity index (χ2n) is 7.01. The van der Waals surface area contributed by atoms with Gasteiger partial charge < -0.3 is 4.74 Å². The van der Waals surface area contributed by atoms with E-state index >= 15 is 0 Å². The van der Waals surface area contributed by atoms with Crippen molar-refractivity contribution in [1.29, 1.82) is 0 Å². The summed E-state index contributed by atoms with van der Waals surface area (Å²) in [6.45, 7) is 0.285. The van der Waals surface area contributed by atoms with Crippen LogP contribution in [0.25, 0.3) is 6.08 Å². The number of para-hydroxylation sites is 1. The molecule has 6 nitrogen and oxygen atoms in total. The molecule has 0 saturated carbocycles. The lowest BCUT2D eigenvalue weighted by Gasteiger charge is -2.27. The summed E-state index contributed by atoms with van der Waals surface area (Å²) in [6.07, 6.45) is 1.35. The first-order chi connectivity index (χ1) is 15.8. The summed E-state index contributed by atoms with van der Waals surface area (Å²) >= 11 is 18.4. The lowest BCUT2D eigenvalue weighted by atomic mass is 10.1. The van der Waals surface area contributed by atoms with Crippen LogP contribution in [0.2, 0.25) is 15.1 Å². The molecule has 4 rings (SSSR count). The van der Waals surface area contributed by atoms with Gasteiger partial charge in [0.25, 0.3) is 11.8 Å². The molecule has 0 radical (unpaired) electrons. The van der Waals surface area contributed by atoms with Crippen LogP contribution < -0.4 is 15.0 Å². The molecule has 3 aromatic carbocycles. The van der Waals surface area contributed by atoms with Gasteiger partial charge in [0.1, 0.15) is 17.9 Å². The normalized spacial score (nSPS) is 15.1. The van der Waals surface area contributed by atoms with Gasteiger partial charge in [-0.2, -0.15) is 0 Å². The number of barbiturate groups is 1. The van der Waals surface area contributed by atoms with Crippen molar-refractivity contribution < 1.29 is 19.1 Å². The van der Waals surface area contributed by atoms with E-state index in [2.05, 4.69) is 5.32 Å². The number of ether oxygens (including phenoxy) is 1. The van der Waals surface area contributed by atoms with Gasteiger partial charge in [-0.25, -0.2) is 9.69 Å². The SMILES string of the molecule is O=C1NC(=O)N(c2ccccc2Cl)C(=O)/C1=C/c1ccc(OCc2ccc(Cl)cc2)c(Cl)c1. The molecule has 1 fully saturated rings. The molecule has 1 heterocycles. The third kappa shape index (κ3) is 5.03. The molecule has 0 aliphatic carbocycles. The fourth-order valence-electron chi connectivity index (χ4n) is 3.14. The Morgan fingerprint density at radius 3 is 2.30 bits per heavy atom. The summed E-state index contributed by atoms with van der Waals surface area (Å²) in [5, 5.41) is 3.27. The Hall–Kier alpha value is -3.32. The largest absolute Gasteiger partial charge is 0.487 e. The predicted molar refractivity (Wildman–Crippen MR) is 128 cm³/mol. The molecule has 0 aromatic heterocycles. The van der Waals surface area contributed by atoms with Crippen LogP contribution in [0.15, 0.2) is 72.3 Å². The molecule has 1 aliphatic rings. The molecule has 9 heteroatoms. The Kier molecular flexibility index (Phi) is 6.70. The molecule has 1 N–H and O–H groups in total. The molecule has 1 saturated heterocycles. The zero-order valence-electron chi connectivity index (χ0n) is 16.8. The van der Waals surface area contributed by atoms with E-state index in [1.165, 1.54) is 12.1 Å². The number of hydrogen-bond donors (Lipinski definition) is 1. The minimum atomic E-state index is -0.876. The molecular formula is C24H15Cl3N2O4. The minimum absolute atomic E-state index is 0.170. The third-order valence-corrected chi connectivity index (χ3v) is 5.64. The van der Waals surface area contributed by atoms with Crippen LogP contribution in [0, 0.1) is 0 Å². The number of carbonyl (C=O) groups is 3. The molecule has 0 unspecified atom stereocenters. The highest BCUT2D eigenvalue weighted by Crippen LogP contribution is 2.30. The van der Waals surface area contributed by atoms with Gasteiger partial charge in [0, 0.05) is 5.02 Å². The van der Waals surface area contributed by atoms with E-state index < -0.39 is 17.8 Å². The van der Waals surface area contributed by atoms with Gasteiger partial charge in [-0.1, -0.05) is 65.1 Å². The molecule has 4 amide bonds. The number of amides is 4. The number of hydrogen-bond acceptors (Lipinski definition) is 4. The second kappa shape index (κ2) is 9.67. The number of urea groups is 1. The van der Waals surface area contributed by atoms with Gasteiger partial charge in [-0.3, -0.25) is 14.9 Å². The predicted octanol–water partition coefficient (Wildman–Crippen LogP) is 5.89. The first-order valence-corrected chi connectivity index (χ1v) is 10.8. The third-order valence-electron chi connectivity index (χ3n) is 4.77. The number of nitrogens with zero attached hydrogens (tertiary/aromatic N) is 1. The molecule has 33 heavy (non-hydrogen) atoms. The fraction of sp³-hybridized carbons (Fsp3) is 0.0417. The van der Waals surface area contributed by atoms with Crippen LogP contribution in [0.4, 0.5) is 10.5 Å².